The first-order valence-corrected chi connectivity index (χ1v) is 12.5. The van der Waals surface area contributed by atoms with Gasteiger partial charge in [-0.25, -0.2) is 0 Å². The molecule has 7 atom stereocenters. The Morgan fingerprint density at radius 3 is 2.75 bits per heavy atom. The summed E-state index contributed by atoms with van der Waals surface area (Å²) in [5.74, 6) is -1.68. The number of nitrogens with zero attached hydrogens (tertiary/aromatic N) is 2. The monoisotopic (exact) mass is 471 g/mol. The molecule has 8 nitrogen and oxygen atoms in total. The van der Waals surface area contributed by atoms with Gasteiger partial charge in [-0.3, -0.25) is 29.1 Å². The summed E-state index contributed by atoms with van der Waals surface area (Å²) >= 11 is 2.87. The van der Waals surface area contributed by atoms with Crippen molar-refractivity contribution < 1.29 is 19.1 Å². The fourth-order valence-corrected chi connectivity index (χ4v) is 9.39. The van der Waals surface area contributed by atoms with E-state index >= 15 is 0 Å². The Morgan fingerprint density at radius 2 is 2.03 bits per heavy atom. The van der Waals surface area contributed by atoms with Crippen molar-refractivity contribution in [2.24, 2.45) is 29.6 Å². The topological polar surface area (TPSA) is 109 Å². The molecule has 10 heteroatoms. The lowest BCUT2D eigenvalue weighted by Gasteiger charge is -2.42. The number of thiazole rings is 1. The number of thioether (sulfide) groups is 1. The average molecular weight is 472 g/mol. The molecule has 32 heavy (non-hydrogen) atoms. The van der Waals surface area contributed by atoms with Gasteiger partial charge in [-0.15, -0.1) is 11.8 Å². The summed E-state index contributed by atoms with van der Waals surface area (Å²) in [5, 5.41) is 1.00. The van der Waals surface area contributed by atoms with E-state index < -0.39 is 17.8 Å². The van der Waals surface area contributed by atoms with Crippen LogP contribution in [0.5, 0.6) is 0 Å². The van der Waals surface area contributed by atoms with E-state index in [0.29, 0.717) is 0 Å². The molecule has 2 aromatic heterocycles. The molecule has 1 N–H and O–H groups in total. The highest BCUT2D eigenvalue weighted by atomic mass is 32.2. The van der Waals surface area contributed by atoms with Gasteiger partial charge in [-0.1, -0.05) is 17.4 Å². The number of carbonyl (C=O) groups excluding carboxylic acids is 3. The standard InChI is InChI=1S/C22H21N3O5S2/c1-2-30-12(26)8-25-20(27)15-10-6-11(16(15)21(25)28)17-14(10)13(9-4-3-5-23-7-9)18-19(31-17)24-22(29)32-18/h3-5,7,10-11,13-17H,2,6,8H2,1H3,(H,24,29). The van der Waals surface area contributed by atoms with Gasteiger partial charge in [0.15, 0.2) is 0 Å². The fourth-order valence-electron chi connectivity index (χ4n) is 6.50. The van der Waals surface area contributed by atoms with Crippen LogP contribution in [0.2, 0.25) is 0 Å². The third-order valence-electron chi connectivity index (χ3n) is 7.45. The van der Waals surface area contributed by atoms with Crippen LogP contribution >= 0.6 is 23.1 Å². The Balaban J connectivity index is 1.39. The third kappa shape index (κ3) is 2.71. The second kappa shape index (κ2) is 7.28. The number of ether oxygens (including phenoxy) is 1. The molecule has 4 heterocycles. The van der Waals surface area contributed by atoms with Crippen molar-refractivity contribution in [3.05, 3.63) is 44.6 Å². The Labute approximate surface area is 191 Å². The van der Waals surface area contributed by atoms with Crippen molar-refractivity contribution in [3.63, 3.8) is 0 Å². The van der Waals surface area contributed by atoms with Gasteiger partial charge in [0.2, 0.25) is 11.8 Å². The van der Waals surface area contributed by atoms with Crippen LogP contribution in [0.25, 0.3) is 0 Å². The number of imide groups is 1. The van der Waals surface area contributed by atoms with Gasteiger partial charge in [0.05, 0.1) is 23.5 Å². The number of rotatable bonds is 4. The highest BCUT2D eigenvalue weighted by molar-refractivity contribution is 8.00. The zero-order chi connectivity index (χ0) is 22.1. The molecule has 1 saturated heterocycles. The Bertz CT molecular complexity index is 1180. The van der Waals surface area contributed by atoms with E-state index in [1.165, 1.54) is 11.3 Å². The maximum Gasteiger partial charge on any atom is 0.326 e. The molecule has 4 aliphatic rings. The second-order valence-corrected chi connectivity index (χ2v) is 11.0. The number of hydrogen-bond donors (Lipinski definition) is 1. The fraction of sp³-hybridized carbons (Fsp3) is 0.500. The quantitative estimate of drug-likeness (QED) is 0.535. The lowest BCUT2D eigenvalue weighted by molar-refractivity contribution is -0.153. The minimum absolute atomic E-state index is 0.0294. The average Bonchev–Trinajstić information content (AvgIpc) is 3.50. The number of likely N-dealkylation sites (tertiary alicyclic amines) is 1. The van der Waals surface area contributed by atoms with Gasteiger partial charge in [0.1, 0.15) is 6.54 Å². The zero-order valence-corrected chi connectivity index (χ0v) is 18.9. The molecule has 3 fully saturated rings. The van der Waals surface area contributed by atoms with Gasteiger partial charge >= 0.3 is 10.8 Å². The lowest BCUT2D eigenvalue weighted by atomic mass is 9.68. The summed E-state index contributed by atoms with van der Waals surface area (Å²) in [4.78, 5) is 60.1. The predicted octanol–water partition coefficient (Wildman–Crippen LogP) is 1.87. The SMILES string of the molecule is CCOC(=O)CN1C(=O)C2C3CC(C2C1=O)C1C(c2cccnc2)c2sc(=O)[nH]c2SC31. The first kappa shape index (κ1) is 20.2. The molecule has 166 valence electrons. The summed E-state index contributed by atoms with van der Waals surface area (Å²) in [6.45, 7) is 1.60. The molecule has 2 aliphatic heterocycles. The number of H-pyrrole nitrogens is 1. The van der Waals surface area contributed by atoms with Crippen LogP contribution in [-0.2, 0) is 19.1 Å². The molecule has 2 aliphatic carbocycles. The van der Waals surface area contributed by atoms with Crippen molar-refractivity contribution in [2.75, 3.05) is 13.2 Å². The molecule has 2 amide bonds. The summed E-state index contributed by atoms with van der Waals surface area (Å²) in [6.07, 6.45) is 4.38. The number of pyridine rings is 1. The van der Waals surface area contributed by atoms with Gasteiger partial charge in [-0.2, -0.15) is 0 Å². The van der Waals surface area contributed by atoms with Crippen molar-refractivity contribution in [1.82, 2.24) is 14.9 Å². The van der Waals surface area contributed by atoms with E-state index in [0.717, 1.165) is 26.8 Å². The van der Waals surface area contributed by atoms with Crippen LogP contribution in [0.4, 0.5) is 0 Å². The summed E-state index contributed by atoms with van der Waals surface area (Å²) in [7, 11) is 0. The third-order valence-corrected chi connectivity index (χ3v) is 10.0. The minimum atomic E-state index is -0.554. The lowest BCUT2D eigenvalue weighted by Crippen LogP contribution is -2.42. The van der Waals surface area contributed by atoms with Gasteiger partial charge in [-0.05, 0) is 42.7 Å². The molecule has 0 radical (unpaired) electrons. The number of carbonyl (C=O) groups is 3. The van der Waals surface area contributed by atoms with Crippen LogP contribution in [0.1, 0.15) is 29.7 Å². The van der Waals surface area contributed by atoms with E-state index in [-0.39, 0.29) is 58.8 Å². The molecule has 0 aromatic carbocycles. The van der Waals surface area contributed by atoms with E-state index in [2.05, 4.69) is 9.97 Å². The molecule has 2 saturated carbocycles. The number of amides is 2. The molecule has 6 rings (SSSR count). The number of nitrogens with one attached hydrogen (secondary N) is 1. The number of esters is 1. The normalized spacial score (nSPS) is 34.4. The maximum atomic E-state index is 13.3. The van der Waals surface area contributed by atoms with E-state index in [1.807, 2.05) is 18.3 Å². The molecular formula is C22H21N3O5S2. The molecule has 2 bridgehead atoms. The van der Waals surface area contributed by atoms with Crippen molar-refractivity contribution >= 4 is 40.9 Å². The maximum absolute atomic E-state index is 13.3. The molecular weight excluding hydrogens is 450 g/mol. The number of aromatic nitrogens is 2. The first-order valence-electron chi connectivity index (χ1n) is 10.8. The smallest absolute Gasteiger partial charge is 0.326 e. The number of fused-ring (bicyclic) bond motifs is 9. The second-order valence-electron chi connectivity index (χ2n) is 8.81. The molecule has 7 unspecified atom stereocenters. The zero-order valence-electron chi connectivity index (χ0n) is 17.2. The van der Waals surface area contributed by atoms with Gasteiger partial charge in [0, 0.05) is 28.4 Å². The van der Waals surface area contributed by atoms with Crippen LogP contribution in [0.15, 0.2) is 34.3 Å². The largest absolute Gasteiger partial charge is 0.465 e. The van der Waals surface area contributed by atoms with E-state index in [4.69, 9.17) is 4.74 Å². The van der Waals surface area contributed by atoms with E-state index in [9.17, 15) is 19.2 Å². The summed E-state index contributed by atoms with van der Waals surface area (Å²) in [5.41, 5.74) is 1.03. The molecule has 2 aromatic rings. The Morgan fingerprint density at radius 1 is 1.25 bits per heavy atom. The van der Waals surface area contributed by atoms with Crippen LogP contribution < -0.4 is 4.87 Å². The van der Waals surface area contributed by atoms with Crippen LogP contribution in [-0.4, -0.2) is 51.1 Å². The predicted molar refractivity (Wildman–Crippen MR) is 116 cm³/mol. The minimum Gasteiger partial charge on any atom is -0.465 e. The van der Waals surface area contributed by atoms with Crippen molar-refractivity contribution in [2.45, 2.75) is 29.5 Å². The highest BCUT2D eigenvalue weighted by Gasteiger charge is 2.69. The van der Waals surface area contributed by atoms with Crippen molar-refractivity contribution in [1.29, 1.82) is 0 Å². The Kier molecular flexibility index (Phi) is 4.59. The molecule has 0 spiro atoms. The van der Waals surface area contributed by atoms with Crippen molar-refractivity contribution in [3.8, 4) is 0 Å². The van der Waals surface area contributed by atoms with Gasteiger partial charge in [0.25, 0.3) is 0 Å². The van der Waals surface area contributed by atoms with Crippen LogP contribution in [0, 0.1) is 29.6 Å². The van der Waals surface area contributed by atoms with Crippen LogP contribution in [0.3, 0.4) is 0 Å². The van der Waals surface area contributed by atoms with E-state index in [1.54, 1.807) is 24.9 Å². The Hall–Kier alpha value is -2.46. The number of hydrogen-bond acceptors (Lipinski definition) is 8. The first-order chi connectivity index (χ1) is 15.5. The number of aromatic amines is 1. The summed E-state index contributed by atoms with van der Waals surface area (Å²) < 4.78 is 4.98. The highest BCUT2D eigenvalue weighted by Crippen LogP contribution is 2.68. The summed E-state index contributed by atoms with van der Waals surface area (Å²) in [6, 6.07) is 3.92. The van der Waals surface area contributed by atoms with Gasteiger partial charge < -0.3 is 9.72 Å².